The van der Waals surface area contributed by atoms with Crippen molar-refractivity contribution in [3.63, 3.8) is 0 Å². The van der Waals surface area contributed by atoms with Gasteiger partial charge >= 0.3 is 29.9 Å². The molecule has 0 fully saturated rings. The first-order chi connectivity index (χ1) is 33.9. The van der Waals surface area contributed by atoms with Crippen LogP contribution in [-0.2, 0) is 14.3 Å². The highest BCUT2D eigenvalue weighted by Gasteiger charge is 2.39. The van der Waals surface area contributed by atoms with Crippen LogP contribution in [0.5, 0.6) is 34.5 Å². The molecule has 2 atom stereocenters. The predicted octanol–water partition coefficient (Wildman–Crippen LogP) is 13.1. The Balaban J connectivity index is 1.25. The Morgan fingerprint density at radius 3 is 1.37 bits per heavy atom. The van der Waals surface area contributed by atoms with E-state index >= 15 is 0 Å². The monoisotopic (exact) mass is 1030 g/mol. The lowest BCUT2D eigenvalue weighted by molar-refractivity contribution is -0.275. The number of alkyl halides is 6. The van der Waals surface area contributed by atoms with E-state index < -0.39 is 53.3 Å². The first-order valence-corrected chi connectivity index (χ1v) is 23.1. The SMILES string of the molecule is COc1ccc(-c2cc3ccc(OCC(COc4ccc5cc(-c6ccc(OC)cc6OC(F)(F)F)c(=O)oc5c4)OC(C)CC(C)(C)OC(=O)C(CC(C)(C)C)C(C)(C)C)cc3oc2=O)c(OC(F)(F)F)c1. The van der Waals surface area contributed by atoms with Gasteiger partial charge in [-0.05, 0) is 98.7 Å². The second-order valence-electron chi connectivity index (χ2n) is 20.4. The number of fused-ring (bicyclic) bond motifs is 2. The quantitative estimate of drug-likeness (QED) is 0.0430. The Labute approximate surface area is 417 Å². The molecule has 0 spiro atoms. The van der Waals surface area contributed by atoms with Gasteiger partial charge in [-0.1, -0.05) is 41.5 Å². The number of halogens is 6. The number of carbonyl (C=O) groups excluding carboxylic acids is 1. The third kappa shape index (κ3) is 15.3. The van der Waals surface area contributed by atoms with E-state index in [1.54, 1.807) is 45.0 Å². The van der Waals surface area contributed by atoms with Crippen molar-refractivity contribution >= 4 is 27.9 Å². The molecule has 0 saturated carbocycles. The maximum absolute atomic E-state index is 13.7. The zero-order valence-electron chi connectivity index (χ0n) is 42.2. The maximum Gasteiger partial charge on any atom is 0.573 e. The molecule has 0 radical (unpaired) electrons. The van der Waals surface area contributed by atoms with Crippen LogP contribution >= 0.6 is 0 Å². The van der Waals surface area contributed by atoms with Crippen LogP contribution < -0.4 is 39.7 Å². The van der Waals surface area contributed by atoms with Crippen molar-refractivity contribution in [2.24, 2.45) is 16.7 Å². The molecule has 2 unspecified atom stereocenters. The van der Waals surface area contributed by atoms with Crippen molar-refractivity contribution in [3.05, 3.63) is 106 Å². The molecule has 73 heavy (non-hydrogen) atoms. The van der Waals surface area contributed by atoms with Crippen molar-refractivity contribution in [1.82, 2.24) is 0 Å². The third-order valence-corrected chi connectivity index (χ3v) is 11.4. The molecule has 4 aromatic carbocycles. The third-order valence-electron chi connectivity index (χ3n) is 11.4. The summed E-state index contributed by atoms with van der Waals surface area (Å²) in [7, 11) is 2.54. The minimum absolute atomic E-state index is 0.0561. The van der Waals surface area contributed by atoms with Gasteiger partial charge in [0, 0.05) is 52.6 Å². The summed E-state index contributed by atoms with van der Waals surface area (Å²) in [5, 5.41) is 0.699. The Kier molecular flexibility index (Phi) is 16.5. The number of rotatable bonds is 19. The lowest BCUT2D eigenvalue weighted by Crippen LogP contribution is -2.41. The molecule has 2 aromatic heterocycles. The Morgan fingerprint density at radius 2 is 0.986 bits per heavy atom. The molecule has 0 bridgehead atoms. The fraction of sp³-hybridized carbons (Fsp3) is 0.426. The van der Waals surface area contributed by atoms with Crippen LogP contribution in [-0.4, -0.2) is 63.9 Å². The molecule has 0 aliphatic heterocycles. The van der Waals surface area contributed by atoms with Gasteiger partial charge in [0.1, 0.15) is 70.6 Å². The van der Waals surface area contributed by atoms with Crippen molar-refractivity contribution < 1.29 is 77.9 Å². The van der Waals surface area contributed by atoms with E-state index in [1.807, 2.05) is 20.8 Å². The van der Waals surface area contributed by atoms with E-state index in [1.165, 1.54) is 62.8 Å². The summed E-state index contributed by atoms with van der Waals surface area (Å²) in [6.07, 6.45) is -10.7. The molecule has 2 heterocycles. The number of ether oxygens (including phenoxy) is 8. The second kappa shape index (κ2) is 21.7. The molecule has 394 valence electrons. The molecule has 0 amide bonds. The van der Waals surface area contributed by atoms with Gasteiger partial charge in [0.05, 0.1) is 37.4 Å². The fourth-order valence-corrected chi connectivity index (χ4v) is 8.18. The van der Waals surface area contributed by atoms with E-state index in [-0.39, 0.29) is 98.8 Å². The molecule has 6 aromatic rings. The number of methoxy groups -OCH3 is 2. The molecule has 0 aliphatic rings. The van der Waals surface area contributed by atoms with Gasteiger partial charge < -0.3 is 46.7 Å². The molecule has 0 saturated heterocycles. The maximum atomic E-state index is 13.7. The molecular weight excluding hydrogens is 971 g/mol. The topological polar surface area (TPSA) is 151 Å². The van der Waals surface area contributed by atoms with Gasteiger partial charge in [-0.25, -0.2) is 9.59 Å². The molecule has 19 heteroatoms. The van der Waals surface area contributed by atoms with Crippen LogP contribution in [0.3, 0.4) is 0 Å². The second-order valence-corrected chi connectivity index (χ2v) is 20.4. The first-order valence-electron chi connectivity index (χ1n) is 23.1. The summed E-state index contributed by atoms with van der Waals surface area (Å²) >= 11 is 0. The van der Waals surface area contributed by atoms with Gasteiger partial charge in [-0.15, -0.1) is 26.3 Å². The van der Waals surface area contributed by atoms with E-state index in [0.29, 0.717) is 17.2 Å². The molecular formula is C54H58F6O13. The number of hydrogen-bond acceptors (Lipinski definition) is 13. The highest BCUT2D eigenvalue weighted by molar-refractivity contribution is 5.85. The highest BCUT2D eigenvalue weighted by Crippen LogP contribution is 2.40. The molecule has 6 rings (SSSR count). The molecule has 13 nitrogen and oxygen atoms in total. The number of hydrogen-bond donors (Lipinski definition) is 0. The van der Waals surface area contributed by atoms with Crippen LogP contribution in [0.2, 0.25) is 0 Å². The van der Waals surface area contributed by atoms with E-state index in [4.69, 9.17) is 37.3 Å². The number of esters is 1. The van der Waals surface area contributed by atoms with Gasteiger partial charge in [-0.3, -0.25) is 4.79 Å². The van der Waals surface area contributed by atoms with Crippen LogP contribution in [0, 0.1) is 16.7 Å². The standard InChI is InChI=1S/C54H58F6O13/c1-30(26-52(8,9)73-49(63)42(51(5,6)7)27-50(2,3)4)68-37(28-66-35-14-12-31-20-40(47(61)69-43(31)24-35)38-18-16-33(64-10)22-45(38)71-53(55,56)57)29-67-36-15-13-32-21-41(48(62)70-44(32)25-36)39-19-17-34(65-11)23-46(39)72-54(58,59)60/h12-25,30,37,42H,26-29H2,1-11H3. The summed E-state index contributed by atoms with van der Waals surface area (Å²) in [6, 6.07) is 19.1. The van der Waals surface area contributed by atoms with Crippen molar-refractivity contribution in [2.75, 3.05) is 27.4 Å². The number of benzene rings is 4. The van der Waals surface area contributed by atoms with Gasteiger partial charge in [0.25, 0.3) is 0 Å². The Hall–Kier alpha value is -6.89. The molecule has 0 N–H and O–H groups in total. The summed E-state index contributed by atoms with van der Waals surface area (Å²) in [6.45, 7) is 17.3. The van der Waals surface area contributed by atoms with Gasteiger partial charge in [-0.2, -0.15) is 0 Å². The Bertz CT molecular complexity index is 2860. The smallest absolute Gasteiger partial charge is 0.497 e. The summed E-state index contributed by atoms with van der Waals surface area (Å²) < 4.78 is 135. The van der Waals surface area contributed by atoms with E-state index in [9.17, 15) is 40.7 Å². The van der Waals surface area contributed by atoms with Crippen LogP contribution in [0.25, 0.3) is 44.2 Å². The van der Waals surface area contributed by atoms with E-state index in [2.05, 4.69) is 30.2 Å². The summed E-state index contributed by atoms with van der Waals surface area (Å²) in [4.78, 5) is 40.3. The normalized spacial score (nSPS) is 13.5. The Morgan fingerprint density at radius 1 is 0.562 bits per heavy atom. The lowest BCUT2D eigenvalue weighted by Gasteiger charge is -2.37. The van der Waals surface area contributed by atoms with Crippen molar-refractivity contribution in [2.45, 2.75) is 106 Å². The summed E-state index contributed by atoms with van der Waals surface area (Å²) in [5.74, 6) is -1.47. The highest BCUT2D eigenvalue weighted by atomic mass is 19.4. The zero-order chi connectivity index (χ0) is 53.8. The average Bonchev–Trinajstić information content (AvgIpc) is 3.26. The van der Waals surface area contributed by atoms with E-state index in [0.717, 1.165) is 12.1 Å². The predicted molar refractivity (Wildman–Crippen MR) is 259 cm³/mol. The zero-order valence-corrected chi connectivity index (χ0v) is 42.2. The van der Waals surface area contributed by atoms with Crippen molar-refractivity contribution in [1.29, 1.82) is 0 Å². The van der Waals surface area contributed by atoms with Crippen LogP contribution in [0.15, 0.2) is 103 Å². The lowest BCUT2D eigenvalue weighted by atomic mass is 9.72. The van der Waals surface area contributed by atoms with Crippen molar-refractivity contribution in [3.8, 4) is 56.8 Å². The van der Waals surface area contributed by atoms with Gasteiger partial charge in [0.2, 0.25) is 0 Å². The minimum Gasteiger partial charge on any atom is -0.497 e. The summed E-state index contributed by atoms with van der Waals surface area (Å²) in [5.41, 5.74) is -4.05. The van der Waals surface area contributed by atoms with Gasteiger partial charge in [0.15, 0.2) is 0 Å². The number of carbonyl (C=O) groups is 1. The largest absolute Gasteiger partial charge is 0.573 e. The molecule has 0 aliphatic carbocycles. The first kappa shape index (κ1) is 55.4. The fourth-order valence-electron chi connectivity index (χ4n) is 8.18. The average molecular weight is 1030 g/mol. The van der Waals surface area contributed by atoms with Crippen LogP contribution in [0.1, 0.15) is 75.2 Å². The van der Waals surface area contributed by atoms with Crippen LogP contribution in [0.4, 0.5) is 26.3 Å². The minimum atomic E-state index is -5.07.